The van der Waals surface area contributed by atoms with E-state index in [1.807, 2.05) is 12.1 Å². The van der Waals surface area contributed by atoms with Crippen LogP contribution in [0.2, 0.25) is 0 Å². The number of ether oxygens (including phenoxy) is 2. The maximum Gasteiger partial charge on any atom is 0.119 e. The molecule has 0 unspecified atom stereocenters. The molecule has 0 radical (unpaired) electrons. The van der Waals surface area contributed by atoms with Crippen LogP contribution in [0.3, 0.4) is 0 Å². The molecule has 0 aromatic heterocycles. The van der Waals surface area contributed by atoms with Crippen LogP contribution in [0.5, 0.6) is 5.75 Å². The minimum absolute atomic E-state index is 0.538. The molecule has 0 spiro atoms. The van der Waals surface area contributed by atoms with Gasteiger partial charge in [-0.3, -0.25) is 0 Å². The molecule has 0 bridgehead atoms. The highest BCUT2D eigenvalue weighted by Gasteiger charge is 2.01. The van der Waals surface area contributed by atoms with E-state index in [-0.39, 0.29) is 0 Å². The number of hydrogen-bond donors (Lipinski definition) is 0. The lowest BCUT2D eigenvalue weighted by atomic mass is 10.0. The molecule has 1 rings (SSSR count). The Morgan fingerprint density at radius 3 is 2.47 bits per heavy atom. The Balaban J connectivity index is 2.29. The van der Waals surface area contributed by atoms with Crippen LogP contribution in [-0.2, 0) is 4.74 Å². The van der Waals surface area contributed by atoms with Gasteiger partial charge < -0.3 is 9.47 Å². The summed E-state index contributed by atoms with van der Waals surface area (Å²) in [7, 11) is 0. The highest BCUT2D eigenvalue weighted by atomic mass is 16.5. The maximum atomic E-state index is 5.65. The van der Waals surface area contributed by atoms with Crippen molar-refractivity contribution >= 4 is 0 Å². The summed E-state index contributed by atoms with van der Waals surface area (Å²) >= 11 is 0. The van der Waals surface area contributed by atoms with Crippen molar-refractivity contribution in [1.29, 1.82) is 0 Å². The number of hydrogen-bond acceptors (Lipinski definition) is 2. The molecule has 0 saturated heterocycles. The Bertz CT molecular complexity index is 318. The first-order valence-electron chi connectivity index (χ1n) is 6.40. The summed E-state index contributed by atoms with van der Waals surface area (Å²) in [6.07, 6.45) is 0. The molecule has 0 aliphatic carbocycles. The Hall–Kier alpha value is -1.02. The molecular weight excluding hydrogens is 212 g/mol. The molecule has 0 aliphatic heterocycles. The van der Waals surface area contributed by atoms with Crippen LogP contribution in [0.1, 0.15) is 39.2 Å². The lowest BCUT2D eigenvalue weighted by Crippen LogP contribution is -2.10. The van der Waals surface area contributed by atoms with E-state index in [0.717, 1.165) is 12.4 Å². The smallest absolute Gasteiger partial charge is 0.119 e. The van der Waals surface area contributed by atoms with Gasteiger partial charge in [0.1, 0.15) is 12.4 Å². The van der Waals surface area contributed by atoms with Crippen LogP contribution in [0.25, 0.3) is 0 Å². The third-order valence-electron chi connectivity index (χ3n) is 2.47. The van der Waals surface area contributed by atoms with E-state index in [9.17, 15) is 0 Å². The largest absolute Gasteiger partial charge is 0.491 e. The topological polar surface area (TPSA) is 18.5 Å². The fourth-order valence-corrected chi connectivity index (χ4v) is 1.50. The first-order valence-corrected chi connectivity index (χ1v) is 6.40. The van der Waals surface area contributed by atoms with Crippen LogP contribution < -0.4 is 4.74 Å². The molecule has 0 fully saturated rings. The van der Waals surface area contributed by atoms with Crippen molar-refractivity contribution in [1.82, 2.24) is 0 Å². The van der Waals surface area contributed by atoms with Gasteiger partial charge in [-0.15, -0.1) is 0 Å². The summed E-state index contributed by atoms with van der Waals surface area (Å²) < 4.78 is 11.1. The SMILES string of the molecule is CC(C)COCCOc1cccc(C(C)C)c1. The summed E-state index contributed by atoms with van der Waals surface area (Å²) in [5.41, 5.74) is 1.31. The summed E-state index contributed by atoms with van der Waals surface area (Å²) in [6, 6.07) is 8.27. The normalized spacial score (nSPS) is 11.2. The number of rotatable bonds is 7. The fraction of sp³-hybridized carbons (Fsp3) is 0.600. The van der Waals surface area contributed by atoms with E-state index in [1.165, 1.54) is 5.56 Å². The molecule has 96 valence electrons. The van der Waals surface area contributed by atoms with Crippen molar-refractivity contribution in [2.75, 3.05) is 19.8 Å². The average molecular weight is 236 g/mol. The first kappa shape index (κ1) is 14.0. The Kier molecular flexibility index (Phi) is 6.06. The van der Waals surface area contributed by atoms with Gasteiger partial charge >= 0.3 is 0 Å². The zero-order valence-electron chi connectivity index (χ0n) is 11.4. The van der Waals surface area contributed by atoms with Crippen LogP contribution in [-0.4, -0.2) is 19.8 Å². The van der Waals surface area contributed by atoms with Crippen molar-refractivity contribution in [3.8, 4) is 5.75 Å². The molecule has 1 aromatic rings. The van der Waals surface area contributed by atoms with E-state index in [4.69, 9.17) is 9.47 Å². The summed E-state index contributed by atoms with van der Waals surface area (Å²) in [5, 5.41) is 0. The molecule has 0 N–H and O–H groups in total. The molecule has 2 nitrogen and oxygen atoms in total. The molecular formula is C15H24O2. The number of benzene rings is 1. The van der Waals surface area contributed by atoms with Gasteiger partial charge in [0.25, 0.3) is 0 Å². The monoisotopic (exact) mass is 236 g/mol. The first-order chi connectivity index (χ1) is 8.09. The molecule has 0 amide bonds. The Morgan fingerprint density at radius 2 is 1.82 bits per heavy atom. The second-order valence-corrected chi connectivity index (χ2v) is 5.04. The molecule has 17 heavy (non-hydrogen) atoms. The molecule has 2 heteroatoms. The van der Waals surface area contributed by atoms with Gasteiger partial charge in [-0.05, 0) is 29.5 Å². The van der Waals surface area contributed by atoms with Crippen molar-refractivity contribution in [3.63, 3.8) is 0 Å². The van der Waals surface area contributed by atoms with Crippen LogP contribution in [0, 0.1) is 5.92 Å². The molecule has 0 saturated carbocycles. The van der Waals surface area contributed by atoms with E-state index >= 15 is 0 Å². The molecule has 0 atom stereocenters. The fourth-order valence-electron chi connectivity index (χ4n) is 1.50. The van der Waals surface area contributed by atoms with Gasteiger partial charge in [0.2, 0.25) is 0 Å². The minimum atomic E-state index is 0.538. The van der Waals surface area contributed by atoms with Gasteiger partial charge in [-0.25, -0.2) is 0 Å². The summed E-state index contributed by atoms with van der Waals surface area (Å²) in [6.45, 7) is 10.7. The lowest BCUT2D eigenvalue weighted by Gasteiger charge is -2.11. The minimum Gasteiger partial charge on any atom is -0.491 e. The lowest BCUT2D eigenvalue weighted by molar-refractivity contribution is 0.0819. The van der Waals surface area contributed by atoms with E-state index < -0.39 is 0 Å². The van der Waals surface area contributed by atoms with E-state index in [2.05, 4.69) is 39.8 Å². The average Bonchev–Trinajstić information content (AvgIpc) is 2.28. The van der Waals surface area contributed by atoms with Crippen molar-refractivity contribution < 1.29 is 9.47 Å². The van der Waals surface area contributed by atoms with Gasteiger partial charge in [0, 0.05) is 6.61 Å². The van der Waals surface area contributed by atoms with Gasteiger partial charge in [-0.1, -0.05) is 39.8 Å². The Labute approximate surface area is 105 Å². The predicted octanol–water partition coefficient (Wildman–Crippen LogP) is 3.86. The zero-order valence-corrected chi connectivity index (χ0v) is 11.4. The predicted molar refractivity (Wildman–Crippen MR) is 71.7 cm³/mol. The van der Waals surface area contributed by atoms with Crippen molar-refractivity contribution in [2.45, 2.75) is 33.6 Å². The van der Waals surface area contributed by atoms with Gasteiger partial charge in [0.05, 0.1) is 6.61 Å². The third-order valence-corrected chi connectivity index (χ3v) is 2.47. The Morgan fingerprint density at radius 1 is 1.06 bits per heavy atom. The highest BCUT2D eigenvalue weighted by molar-refractivity contribution is 5.30. The quantitative estimate of drug-likeness (QED) is 0.669. The van der Waals surface area contributed by atoms with E-state index in [0.29, 0.717) is 25.0 Å². The second-order valence-electron chi connectivity index (χ2n) is 5.04. The van der Waals surface area contributed by atoms with Crippen molar-refractivity contribution in [3.05, 3.63) is 29.8 Å². The molecule has 0 heterocycles. The van der Waals surface area contributed by atoms with E-state index in [1.54, 1.807) is 0 Å². The van der Waals surface area contributed by atoms with Gasteiger partial charge in [-0.2, -0.15) is 0 Å². The van der Waals surface area contributed by atoms with Crippen LogP contribution in [0.15, 0.2) is 24.3 Å². The third kappa shape index (κ3) is 5.73. The second kappa shape index (κ2) is 7.33. The molecule has 0 aliphatic rings. The molecule has 1 aromatic carbocycles. The maximum absolute atomic E-state index is 5.65. The highest BCUT2D eigenvalue weighted by Crippen LogP contribution is 2.19. The zero-order chi connectivity index (χ0) is 12.7. The van der Waals surface area contributed by atoms with Crippen molar-refractivity contribution in [2.24, 2.45) is 5.92 Å². The van der Waals surface area contributed by atoms with Crippen LogP contribution in [0.4, 0.5) is 0 Å². The summed E-state index contributed by atoms with van der Waals surface area (Å²) in [5.74, 6) is 2.05. The van der Waals surface area contributed by atoms with Crippen LogP contribution >= 0.6 is 0 Å². The van der Waals surface area contributed by atoms with Gasteiger partial charge in [0.15, 0.2) is 0 Å². The standard InChI is InChI=1S/C15H24O2/c1-12(2)11-16-8-9-17-15-7-5-6-14(10-15)13(3)4/h5-7,10,12-13H,8-9,11H2,1-4H3. The summed E-state index contributed by atoms with van der Waals surface area (Å²) in [4.78, 5) is 0.